The van der Waals surface area contributed by atoms with Gasteiger partial charge in [0.1, 0.15) is 0 Å². The lowest BCUT2D eigenvalue weighted by Gasteiger charge is -2.22. The molecule has 0 aliphatic heterocycles. The summed E-state index contributed by atoms with van der Waals surface area (Å²) in [6.45, 7) is 2.31. The molecule has 1 rings (SSSR count). The Balaban J connectivity index is 0.000000546. The van der Waals surface area contributed by atoms with Crippen molar-refractivity contribution >= 4 is 11.9 Å². The van der Waals surface area contributed by atoms with Gasteiger partial charge in [0.2, 0.25) is 0 Å². The van der Waals surface area contributed by atoms with Crippen LogP contribution in [0.3, 0.4) is 0 Å². The number of nitrogens with two attached hydrogens (primary N) is 1. The molecule has 0 atom stereocenters. The summed E-state index contributed by atoms with van der Waals surface area (Å²) in [6, 6.07) is 0.520. The van der Waals surface area contributed by atoms with Crippen LogP contribution in [0.5, 0.6) is 0 Å². The number of aliphatic carboxylic acids is 2. The van der Waals surface area contributed by atoms with Crippen molar-refractivity contribution in [1.29, 1.82) is 0 Å². The standard InChI is InChI=1S/C12H22O4.C7H15N/c13-11(14)9-7-5-3-1-2-4-6-8-10-12(15)16;1-6-2-4-7(8)5-3-6/h1-10H2,(H,13,14)(H,15,16);6-7H,2-5,8H2,1H3. The molecule has 0 spiro atoms. The first-order chi connectivity index (χ1) is 11.4. The smallest absolute Gasteiger partial charge is 0.303 e. The number of hydrogen-bond acceptors (Lipinski definition) is 3. The van der Waals surface area contributed by atoms with Crippen molar-refractivity contribution in [3.05, 3.63) is 0 Å². The predicted octanol–water partition coefficient (Wildman–Crippen LogP) is 4.58. The molecule has 1 aliphatic rings. The molecule has 0 aromatic rings. The Labute approximate surface area is 147 Å². The Bertz CT molecular complexity index is 293. The maximum atomic E-state index is 10.2. The fraction of sp³-hybridized carbons (Fsp3) is 0.895. The summed E-state index contributed by atoms with van der Waals surface area (Å²) in [5.74, 6) is -0.489. The lowest BCUT2D eigenvalue weighted by molar-refractivity contribution is -0.138. The number of carbonyl (C=O) groups is 2. The van der Waals surface area contributed by atoms with Crippen LogP contribution in [-0.2, 0) is 9.59 Å². The minimum absolute atomic E-state index is 0.276. The molecule has 0 unspecified atom stereocenters. The zero-order chi connectivity index (χ0) is 18.2. The molecule has 0 aromatic carbocycles. The number of carboxylic acid groups (broad SMARTS) is 2. The molecule has 0 radical (unpaired) electrons. The van der Waals surface area contributed by atoms with E-state index in [4.69, 9.17) is 15.9 Å². The summed E-state index contributed by atoms with van der Waals surface area (Å²) in [4.78, 5) is 20.4. The average Bonchev–Trinajstić information content (AvgIpc) is 2.52. The normalized spacial score (nSPS) is 20.1. The number of rotatable bonds is 11. The minimum Gasteiger partial charge on any atom is -0.481 e. The van der Waals surface area contributed by atoms with Gasteiger partial charge in [-0.3, -0.25) is 9.59 Å². The van der Waals surface area contributed by atoms with Crippen molar-refractivity contribution in [2.45, 2.75) is 103 Å². The second kappa shape index (κ2) is 15.4. The van der Waals surface area contributed by atoms with Crippen molar-refractivity contribution in [3.8, 4) is 0 Å². The summed E-state index contributed by atoms with van der Waals surface area (Å²) in [5, 5.41) is 16.8. The fourth-order valence-electron chi connectivity index (χ4n) is 2.90. The summed E-state index contributed by atoms with van der Waals surface area (Å²) in [6.07, 6.45) is 13.7. The van der Waals surface area contributed by atoms with Crippen LogP contribution >= 0.6 is 0 Å². The number of carboxylic acids is 2. The van der Waals surface area contributed by atoms with E-state index >= 15 is 0 Å². The first kappa shape index (κ1) is 22.9. The Kier molecular flexibility index (Phi) is 14.7. The van der Waals surface area contributed by atoms with E-state index in [1.165, 1.54) is 25.7 Å². The van der Waals surface area contributed by atoms with E-state index in [0.717, 1.165) is 57.3 Å². The summed E-state index contributed by atoms with van der Waals surface area (Å²) < 4.78 is 0. The molecule has 5 heteroatoms. The quantitative estimate of drug-likeness (QED) is 0.477. The van der Waals surface area contributed by atoms with E-state index in [0.29, 0.717) is 6.04 Å². The van der Waals surface area contributed by atoms with Gasteiger partial charge in [0, 0.05) is 18.9 Å². The molecule has 1 aliphatic carbocycles. The molecule has 0 bridgehead atoms. The zero-order valence-corrected chi connectivity index (χ0v) is 15.3. The lowest BCUT2D eigenvalue weighted by atomic mass is 9.88. The van der Waals surface area contributed by atoms with E-state index in [1.807, 2.05) is 0 Å². The van der Waals surface area contributed by atoms with Crippen LogP contribution in [-0.4, -0.2) is 28.2 Å². The van der Waals surface area contributed by atoms with Crippen molar-refractivity contribution in [2.24, 2.45) is 11.7 Å². The van der Waals surface area contributed by atoms with Gasteiger partial charge in [-0.2, -0.15) is 0 Å². The first-order valence-corrected chi connectivity index (χ1v) is 9.61. The van der Waals surface area contributed by atoms with Gasteiger partial charge in [0.05, 0.1) is 0 Å². The van der Waals surface area contributed by atoms with Crippen LogP contribution < -0.4 is 5.73 Å². The van der Waals surface area contributed by atoms with Gasteiger partial charge in [-0.05, 0) is 44.4 Å². The molecular weight excluding hydrogens is 306 g/mol. The highest BCUT2D eigenvalue weighted by molar-refractivity contribution is 5.66. The molecular formula is C19H37NO4. The summed E-state index contributed by atoms with van der Waals surface area (Å²) in [5.41, 5.74) is 5.70. The van der Waals surface area contributed by atoms with E-state index in [2.05, 4.69) is 6.92 Å². The van der Waals surface area contributed by atoms with Crippen LogP contribution in [0, 0.1) is 5.92 Å². The topological polar surface area (TPSA) is 101 Å². The molecule has 24 heavy (non-hydrogen) atoms. The van der Waals surface area contributed by atoms with Crippen LogP contribution in [0.1, 0.15) is 96.8 Å². The molecule has 4 N–H and O–H groups in total. The average molecular weight is 344 g/mol. The van der Waals surface area contributed by atoms with E-state index in [9.17, 15) is 9.59 Å². The second-order valence-corrected chi connectivity index (χ2v) is 7.14. The number of hydrogen-bond donors (Lipinski definition) is 3. The molecule has 5 nitrogen and oxygen atoms in total. The Morgan fingerprint density at radius 1 is 0.750 bits per heavy atom. The highest BCUT2D eigenvalue weighted by Crippen LogP contribution is 2.21. The molecule has 1 saturated carbocycles. The highest BCUT2D eigenvalue weighted by atomic mass is 16.4. The van der Waals surface area contributed by atoms with Gasteiger partial charge < -0.3 is 15.9 Å². The molecule has 142 valence electrons. The molecule has 0 saturated heterocycles. The van der Waals surface area contributed by atoms with Crippen LogP contribution in [0.4, 0.5) is 0 Å². The molecule has 0 amide bonds. The van der Waals surface area contributed by atoms with Gasteiger partial charge in [-0.25, -0.2) is 0 Å². The van der Waals surface area contributed by atoms with Crippen molar-refractivity contribution in [2.75, 3.05) is 0 Å². The van der Waals surface area contributed by atoms with Crippen molar-refractivity contribution < 1.29 is 19.8 Å². The SMILES string of the molecule is CC1CCC(N)CC1.O=C(O)CCCCCCCCCCC(=O)O. The first-order valence-electron chi connectivity index (χ1n) is 9.61. The lowest BCUT2D eigenvalue weighted by Crippen LogP contribution is -2.25. The van der Waals surface area contributed by atoms with Gasteiger partial charge in [0.25, 0.3) is 0 Å². The van der Waals surface area contributed by atoms with E-state index in [-0.39, 0.29) is 12.8 Å². The Morgan fingerprint density at radius 2 is 1.08 bits per heavy atom. The Hall–Kier alpha value is -1.10. The van der Waals surface area contributed by atoms with E-state index in [1.54, 1.807) is 0 Å². The predicted molar refractivity (Wildman–Crippen MR) is 97.0 cm³/mol. The third-order valence-corrected chi connectivity index (χ3v) is 4.59. The van der Waals surface area contributed by atoms with Crippen LogP contribution in [0.15, 0.2) is 0 Å². The van der Waals surface area contributed by atoms with Crippen molar-refractivity contribution in [1.82, 2.24) is 0 Å². The molecule has 0 aromatic heterocycles. The number of unbranched alkanes of at least 4 members (excludes halogenated alkanes) is 7. The largest absolute Gasteiger partial charge is 0.481 e. The maximum Gasteiger partial charge on any atom is 0.303 e. The van der Waals surface area contributed by atoms with Gasteiger partial charge in [-0.1, -0.05) is 45.4 Å². The summed E-state index contributed by atoms with van der Waals surface area (Å²) in [7, 11) is 0. The van der Waals surface area contributed by atoms with Crippen molar-refractivity contribution in [3.63, 3.8) is 0 Å². The maximum absolute atomic E-state index is 10.2. The second-order valence-electron chi connectivity index (χ2n) is 7.14. The third kappa shape index (κ3) is 17.3. The van der Waals surface area contributed by atoms with Crippen LogP contribution in [0.25, 0.3) is 0 Å². The van der Waals surface area contributed by atoms with Crippen LogP contribution in [0.2, 0.25) is 0 Å². The highest BCUT2D eigenvalue weighted by Gasteiger charge is 2.13. The molecule has 0 heterocycles. The zero-order valence-electron chi connectivity index (χ0n) is 15.3. The third-order valence-electron chi connectivity index (χ3n) is 4.59. The van der Waals surface area contributed by atoms with Gasteiger partial charge in [-0.15, -0.1) is 0 Å². The minimum atomic E-state index is -0.714. The van der Waals surface area contributed by atoms with Gasteiger partial charge >= 0.3 is 11.9 Å². The van der Waals surface area contributed by atoms with E-state index < -0.39 is 11.9 Å². The molecule has 1 fully saturated rings. The summed E-state index contributed by atoms with van der Waals surface area (Å²) >= 11 is 0. The Morgan fingerprint density at radius 3 is 1.38 bits per heavy atom. The van der Waals surface area contributed by atoms with Gasteiger partial charge in [0.15, 0.2) is 0 Å². The monoisotopic (exact) mass is 343 g/mol. The fourth-order valence-corrected chi connectivity index (χ4v) is 2.90.